The second kappa shape index (κ2) is 20.2. The standard InChI is InChI=1S/C36H60N6O4S/c1-2-11-29(39-35(45)31(25-27-14-7-4-8-15-27)41-36(46)42-21-17-28(37)18-22-42)34(44)40-30(24-26-12-5-3-6-13-26)32(43)19-23-47-33-16-9-10-20-38-33/h4,7-8,14-15,26,28-33,38,43H,2-3,5-6,9-13,16-25,37H2,1H3,(H,39,45)(H,40,44)(H,41,46)/t29-,30-,31-,32-,33?/m0/s1. The number of aliphatic hydroxyl groups is 1. The molecule has 1 aromatic rings. The van der Waals surface area contributed by atoms with Crippen LogP contribution in [0.1, 0.15) is 102 Å². The van der Waals surface area contributed by atoms with Gasteiger partial charge in [0.25, 0.3) is 0 Å². The molecule has 1 saturated carbocycles. The summed E-state index contributed by atoms with van der Waals surface area (Å²) in [7, 11) is 0. The molecule has 2 heterocycles. The molecule has 11 heteroatoms. The maximum atomic E-state index is 13.9. The highest BCUT2D eigenvalue weighted by Crippen LogP contribution is 2.29. The summed E-state index contributed by atoms with van der Waals surface area (Å²) >= 11 is 1.86. The van der Waals surface area contributed by atoms with Crippen LogP contribution in [-0.4, -0.2) is 88.9 Å². The number of benzene rings is 1. The van der Waals surface area contributed by atoms with E-state index in [1.807, 2.05) is 49.0 Å². The van der Waals surface area contributed by atoms with Gasteiger partial charge in [-0.05, 0) is 75.1 Å². The molecule has 1 unspecified atom stereocenters. The number of aliphatic hydroxyl groups excluding tert-OH is 1. The van der Waals surface area contributed by atoms with E-state index in [9.17, 15) is 19.5 Å². The van der Waals surface area contributed by atoms with Crippen molar-refractivity contribution in [3.63, 3.8) is 0 Å². The third-order valence-electron chi connectivity index (χ3n) is 10.0. The van der Waals surface area contributed by atoms with Crippen LogP contribution >= 0.6 is 11.8 Å². The second-order valence-corrected chi connectivity index (χ2v) is 15.2. The third-order valence-corrected chi connectivity index (χ3v) is 11.3. The fourth-order valence-electron chi connectivity index (χ4n) is 7.10. The molecule has 0 bridgehead atoms. The summed E-state index contributed by atoms with van der Waals surface area (Å²) < 4.78 is 0. The molecule has 3 fully saturated rings. The molecule has 1 aromatic carbocycles. The number of carbonyl (C=O) groups is 3. The Labute approximate surface area is 286 Å². The van der Waals surface area contributed by atoms with Crippen molar-refractivity contribution < 1.29 is 19.5 Å². The van der Waals surface area contributed by atoms with E-state index in [-0.39, 0.29) is 29.9 Å². The minimum atomic E-state index is -0.846. The number of amides is 4. The van der Waals surface area contributed by atoms with Crippen LogP contribution in [0.15, 0.2) is 30.3 Å². The van der Waals surface area contributed by atoms with Crippen molar-refractivity contribution in [3.8, 4) is 0 Å². The van der Waals surface area contributed by atoms with Gasteiger partial charge in [0.15, 0.2) is 0 Å². The van der Waals surface area contributed by atoms with Crippen molar-refractivity contribution >= 4 is 29.6 Å². The first-order valence-electron chi connectivity index (χ1n) is 18.3. The van der Waals surface area contributed by atoms with Gasteiger partial charge in [-0.1, -0.05) is 75.8 Å². The number of likely N-dealkylation sites (tertiary alicyclic amines) is 1. The first kappa shape index (κ1) is 37.5. The van der Waals surface area contributed by atoms with Gasteiger partial charge in [0.05, 0.1) is 17.5 Å². The van der Waals surface area contributed by atoms with Crippen LogP contribution in [0.4, 0.5) is 4.79 Å². The van der Waals surface area contributed by atoms with Gasteiger partial charge in [0.1, 0.15) is 12.1 Å². The zero-order valence-corrected chi connectivity index (χ0v) is 29.3. The molecule has 5 atom stereocenters. The van der Waals surface area contributed by atoms with Gasteiger partial charge in [-0.25, -0.2) is 4.79 Å². The van der Waals surface area contributed by atoms with Crippen LogP contribution in [0.5, 0.6) is 0 Å². The lowest BCUT2D eigenvalue weighted by atomic mass is 9.83. The zero-order valence-electron chi connectivity index (χ0n) is 28.5. The van der Waals surface area contributed by atoms with E-state index < -0.39 is 18.2 Å². The van der Waals surface area contributed by atoms with Crippen molar-refractivity contribution in [1.29, 1.82) is 0 Å². The number of nitrogens with zero attached hydrogens (tertiary/aromatic N) is 1. The summed E-state index contributed by atoms with van der Waals surface area (Å²) in [5.74, 6) is 0.654. The summed E-state index contributed by atoms with van der Waals surface area (Å²) in [6, 6.07) is 7.42. The fourth-order valence-corrected chi connectivity index (χ4v) is 8.33. The molecule has 7 N–H and O–H groups in total. The number of hydrogen-bond acceptors (Lipinski definition) is 7. The molecule has 4 amide bonds. The number of rotatable bonds is 16. The molecule has 0 aromatic heterocycles. The van der Waals surface area contributed by atoms with Gasteiger partial charge < -0.3 is 37.0 Å². The Balaban J connectivity index is 1.40. The number of nitrogens with two attached hydrogens (primary N) is 1. The van der Waals surface area contributed by atoms with Crippen LogP contribution in [0.25, 0.3) is 0 Å². The van der Waals surface area contributed by atoms with Gasteiger partial charge in [0, 0.05) is 25.6 Å². The fraction of sp³-hybridized carbons (Fsp3) is 0.750. The number of hydrogen-bond donors (Lipinski definition) is 6. The summed E-state index contributed by atoms with van der Waals surface area (Å²) in [6.07, 6.45) is 13.1. The highest BCUT2D eigenvalue weighted by Gasteiger charge is 2.32. The molecule has 1 aliphatic carbocycles. The average molecular weight is 673 g/mol. The molecular weight excluding hydrogens is 613 g/mol. The number of thioether (sulfide) groups is 1. The SMILES string of the molecule is CCC[C@H](NC(=O)[C@H](Cc1ccccc1)NC(=O)N1CCC(N)CC1)C(=O)N[C@@H](CC1CCCCC1)[C@@H](O)CCSC1CCCCN1. The molecule has 0 spiro atoms. The Morgan fingerprint density at radius 3 is 2.30 bits per heavy atom. The largest absolute Gasteiger partial charge is 0.391 e. The van der Waals surface area contributed by atoms with Crippen molar-refractivity contribution in [3.05, 3.63) is 35.9 Å². The molecule has 3 aliphatic rings. The predicted molar refractivity (Wildman–Crippen MR) is 190 cm³/mol. The lowest BCUT2D eigenvalue weighted by Crippen LogP contribution is -2.58. The Morgan fingerprint density at radius 1 is 0.915 bits per heavy atom. The third kappa shape index (κ3) is 12.9. The van der Waals surface area contributed by atoms with Crippen LogP contribution in [0.2, 0.25) is 0 Å². The van der Waals surface area contributed by atoms with E-state index in [4.69, 9.17) is 5.73 Å². The predicted octanol–water partition coefficient (Wildman–Crippen LogP) is 4.05. The number of piperidine rings is 2. The highest BCUT2D eigenvalue weighted by atomic mass is 32.2. The lowest BCUT2D eigenvalue weighted by Gasteiger charge is -2.33. The number of urea groups is 1. The van der Waals surface area contributed by atoms with E-state index >= 15 is 0 Å². The Morgan fingerprint density at radius 2 is 1.62 bits per heavy atom. The lowest BCUT2D eigenvalue weighted by molar-refractivity contribution is -0.131. The van der Waals surface area contributed by atoms with Crippen molar-refractivity contribution in [1.82, 2.24) is 26.2 Å². The maximum Gasteiger partial charge on any atom is 0.318 e. The topological polar surface area (TPSA) is 149 Å². The average Bonchev–Trinajstić information content (AvgIpc) is 3.09. The van der Waals surface area contributed by atoms with Gasteiger partial charge in [-0.2, -0.15) is 0 Å². The van der Waals surface area contributed by atoms with E-state index in [1.165, 1.54) is 32.1 Å². The normalized spacial score (nSPS) is 22.1. The minimum absolute atomic E-state index is 0.0869. The summed E-state index contributed by atoms with van der Waals surface area (Å²) in [6.45, 7) is 4.14. The van der Waals surface area contributed by atoms with Crippen LogP contribution in [-0.2, 0) is 16.0 Å². The quantitative estimate of drug-likeness (QED) is 0.155. The van der Waals surface area contributed by atoms with Gasteiger partial charge in [0.2, 0.25) is 11.8 Å². The Kier molecular flexibility index (Phi) is 16.1. The molecular formula is C36H60N6O4S. The van der Waals surface area contributed by atoms with Crippen LogP contribution in [0.3, 0.4) is 0 Å². The van der Waals surface area contributed by atoms with E-state index in [0.717, 1.165) is 56.4 Å². The molecule has 2 saturated heterocycles. The number of nitrogens with one attached hydrogen (secondary N) is 4. The highest BCUT2D eigenvalue weighted by molar-refractivity contribution is 7.99. The molecule has 4 rings (SSSR count). The van der Waals surface area contributed by atoms with Crippen LogP contribution in [0, 0.1) is 5.92 Å². The molecule has 2 aliphatic heterocycles. The van der Waals surface area contributed by atoms with E-state index in [1.54, 1.807) is 4.90 Å². The maximum absolute atomic E-state index is 13.9. The Bertz CT molecular complexity index is 1080. The number of carbonyl (C=O) groups excluding carboxylic acids is 3. The monoisotopic (exact) mass is 672 g/mol. The van der Waals surface area contributed by atoms with Crippen molar-refractivity contribution in [2.75, 3.05) is 25.4 Å². The zero-order chi connectivity index (χ0) is 33.4. The van der Waals surface area contributed by atoms with Crippen LogP contribution < -0.4 is 27.0 Å². The molecule has 0 radical (unpaired) electrons. The molecule has 47 heavy (non-hydrogen) atoms. The molecule has 264 valence electrons. The van der Waals surface area contributed by atoms with Crippen molar-refractivity contribution in [2.24, 2.45) is 11.7 Å². The minimum Gasteiger partial charge on any atom is -0.391 e. The molecule has 10 nitrogen and oxygen atoms in total. The first-order chi connectivity index (χ1) is 22.8. The van der Waals surface area contributed by atoms with Gasteiger partial charge >= 0.3 is 6.03 Å². The van der Waals surface area contributed by atoms with Gasteiger partial charge in [-0.15, -0.1) is 11.8 Å². The van der Waals surface area contributed by atoms with E-state index in [2.05, 4.69) is 21.3 Å². The Hall–Kier alpha value is -2.34. The second-order valence-electron chi connectivity index (χ2n) is 13.9. The van der Waals surface area contributed by atoms with Crippen molar-refractivity contribution in [2.45, 2.75) is 139 Å². The first-order valence-corrected chi connectivity index (χ1v) is 19.4. The summed E-state index contributed by atoms with van der Waals surface area (Å²) in [5.41, 5.74) is 6.96. The summed E-state index contributed by atoms with van der Waals surface area (Å²) in [5, 5.41) is 24.5. The van der Waals surface area contributed by atoms with E-state index in [0.29, 0.717) is 50.1 Å². The van der Waals surface area contributed by atoms with Gasteiger partial charge in [-0.3, -0.25) is 9.59 Å². The smallest absolute Gasteiger partial charge is 0.318 e. The summed E-state index contributed by atoms with van der Waals surface area (Å²) in [4.78, 5) is 42.6.